The van der Waals surface area contributed by atoms with Crippen molar-refractivity contribution in [2.45, 2.75) is 32.1 Å². The van der Waals surface area contributed by atoms with E-state index in [-0.39, 0.29) is 40.9 Å². The van der Waals surface area contributed by atoms with E-state index in [2.05, 4.69) is 0 Å². The Morgan fingerprint density at radius 3 is 1.28 bits per heavy atom. The van der Waals surface area contributed by atoms with Crippen molar-refractivity contribution < 1.29 is 40.1 Å². The molecule has 0 aliphatic rings. The van der Waals surface area contributed by atoms with E-state index in [0.29, 0.717) is 59.4 Å². The zero-order chi connectivity index (χ0) is 28.1. The van der Waals surface area contributed by atoms with Crippen LogP contribution < -0.4 is 9.47 Å². The number of phenolic OH excluding ortho intramolecular Hbond substituents is 6. The van der Waals surface area contributed by atoms with Crippen LogP contribution in [0, 0.1) is 0 Å². The first-order valence-electron chi connectivity index (χ1n) is 12.5. The van der Waals surface area contributed by atoms with Crippen molar-refractivity contribution in [3.05, 3.63) is 94.0 Å². The van der Waals surface area contributed by atoms with Crippen LogP contribution in [0.25, 0.3) is 0 Å². The molecule has 0 heterocycles. The first-order chi connectivity index (χ1) is 18.7. The van der Waals surface area contributed by atoms with E-state index in [1.165, 1.54) is 26.4 Å². The van der Waals surface area contributed by atoms with E-state index in [9.17, 15) is 30.6 Å². The summed E-state index contributed by atoms with van der Waals surface area (Å²) in [5, 5.41) is 61.7. The Hall–Kier alpha value is -4.72. The predicted octanol–water partition coefficient (Wildman–Crippen LogP) is 5.10. The van der Waals surface area contributed by atoms with Crippen molar-refractivity contribution in [3.8, 4) is 46.0 Å². The Bertz CT molecular complexity index is 1370. The summed E-state index contributed by atoms with van der Waals surface area (Å²) in [4.78, 5) is 0. The summed E-state index contributed by atoms with van der Waals surface area (Å²) in [6.45, 7) is 0. The van der Waals surface area contributed by atoms with E-state index < -0.39 is 0 Å². The van der Waals surface area contributed by atoms with Gasteiger partial charge in [0.1, 0.15) is 23.0 Å². The van der Waals surface area contributed by atoms with Crippen LogP contribution in [0.1, 0.15) is 33.4 Å². The maximum Gasteiger partial charge on any atom is 0.160 e. The Morgan fingerprint density at radius 2 is 0.897 bits per heavy atom. The number of hydrogen-bond donors (Lipinski definition) is 6. The molecule has 4 aromatic rings. The van der Waals surface area contributed by atoms with Gasteiger partial charge in [0.05, 0.1) is 14.2 Å². The number of rotatable bonds is 10. The average Bonchev–Trinajstić information content (AvgIpc) is 2.90. The lowest BCUT2D eigenvalue weighted by Gasteiger charge is -2.17. The fourth-order valence-corrected chi connectivity index (χ4v) is 4.74. The topological polar surface area (TPSA) is 140 Å². The van der Waals surface area contributed by atoms with Gasteiger partial charge in [-0.2, -0.15) is 0 Å². The van der Waals surface area contributed by atoms with Gasteiger partial charge >= 0.3 is 0 Å². The summed E-state index contributed by atoms with van der Waals surface area (Å²) in [6.07, 6.45) is 2.19. The highest BCUT2D eigenvalue weighted by atomic mass is 16.5. The highest BCUT2D eigenvalue weighted by molar-refractivity contribution is 5.53. The van der Waals surface area contributed by atoms with Crippen LogP contribution in [-0.4, -0.2) is 44.9 Å². The molecule has 204 valence electrons. The summed E-state index contributed by atoms with van der Waals surface area (Å²) in [5.41, 5.74) is 4.29. The quantitative estimate of drug-likeness (QED) is 0.166. The molecule has 0 amide bonds. The lowest BCUT2D eigenvalue weighted by atomic mass is 9.90. The number of aryl methyl sites for hydroxylation is 4. The maximum absolute atomic E-state index is 10.8. The highest BCUT2D eigenvalue weighted by Gasteiger charge is 2.18. The minimum Gasteiger partial charge on any atom is -0.508 e. The molecule has 0 aliphatic carbocycles. The second-order valence-electron chi connectivity index (χ2n) is 9.39. The fourth-order valence-electron chi connectivity index (χ4n) is 4.74. The minimum atomic E-state index is -0.102. The molecule has 8 nitrogen and oxygen atoms in total. The van der Waals surface area contributed by atoms with Gasteiger partial charge in [0, 0.05) is 29.7 Å². The number of ether oxygens (including phenoxy) is 2. The maximum atomic E-state index is 10.8. The van der Waals surface area contributed by atoms with E-state index in [1.807, 2.05) is 0 Å². The van der Waals surface area contributed by atoms with Crippen LogP contribution in [0.3, 0.4) is 0 Å². The summed E-state index contributed by atoms with van der Waals surface area (Å²) in [5.74, 6) is 0.436. The number of benzene rings is 4. The van der Waals surface area contributed by atoms with Crippen LogP contribution in [-0.2, 0) is 32.1 Å². The lowest BCUT2D eigenvalue weighted by molar-refractivity contribution is 0.373. The van der Waals surface area contributed by atoms with Gasteiger partial charge in [-0.15, -0.1) is 0 Å². The number of hydrogen-bond acceptors (Lipinski definition) is 8. The molecule has 0 saturated heterocycles. The molecular weight excluding hydrogens is 500 g/mol. The molecule has 0 spiro atoms. The van der Waals surface area contributed by atoms with Gasteiger partial charge in [-0.05, 0) is 84.3 Å². The standard InChI is InChI=1S/C31H32O8/c1-38-30-11-18(5-9-26(30)34)3-7-20-13-22(32)15-28(36)24(20)17-25-21(14-23(33)16-29(25)37)8-4-19-6-10-27(35)31(12-19)39-2/h5-6,9-16,32-37H,3-4,7-8,17H2,1-2H3. The van der Waals surface area contributed by atoms with E-state index in [0.717, 1.165) is 11.1 Å². The Balaban J connectivity index is 1.62. The second-order valence-corrected chi connectivity index (χ2v) is 9.39. The molecule has 0 atom stereocenters. The summed E-state index contributed by atoms with van der Waals surface area (Å²) < 4.78 is 10.4. The Morgan fingerprint density at radius 1 is 0.487 bits per heavy atom. The molecular formula is C31H32O8. The largest absolute Gasteiger partial charge is 0.508 e. The zero-order valence-electron chi connectivity index (χ0n) is 21.8. The van der Waals surface area contributed by atoms with Crippen molar-refractivity contribution in [2.24, 2.45) is 0 Å². The first kappa shape index (κ1) is 27.3. The summed E-state index contributed by atoms with van der Waals surface area (Å²) in [6, 6.07) is 15.9. The van der Waals surface area contributed by atoms with E-state index in [1.54, 1.807) is 48.5 Å². The molecule has 0 fully saturated rings. The monoisotopic (exact) mass is 532 g/mol. The normalized spacial score (nSPS) is 10.9. The highest BCUT2D eigenvalue weighted by Crippen LogP contribution is 2.36. The van der Waals surface area contributed by atoms with E-state index in [4.69, 9.17) is 9.47 Å². The molecule has 4 rings (SSSR count). The van der Waals surface area contributed by atoms with Gasteiger partial charge in [-0.3, -0.25) is 0 Å². The van der Waals surface area contributed by atoms with Crippen LogP contribution in [0.15, 0.2) is 60.7 Å². The van der Waals surface area contributed by atoms with Crippen molar-refractivity contribution in [3.63, 3.8) is 0 Å². The van der Waals surface area contributed by atoms with Crippen LogP contribution in [0.5, 0.6) is 46.0 Å². The molecule has 39 heavy (non-hydrogen) atoms. The SMILES string of the molecule is COc1cc(CCc2cc(O)cc(O)c2Cc2c(O)cc(O)cc2CCc2ccc(O)c(OC)c2)ccc1O. The van der Waals surface area contributed by atoms with Gasteiger partial charge in [-0.1, -0.05) is 12.1 Å². The third-order valence-electron chi connectivity index (χ3n) is 6.81. The van der Waals surface area contributed by atoms with E-state index >= 15 is 0 Å². The van der Waals surface area contributed by atoms with Gasteiger partial charge in [-0.25, -0.2) is 0 Å². The third kappa shape index (κ3) is 6.41. The molecule has 0 aliphatic heterocycles. The molecule has 0 aromatic heterocycles. The molecule has 0 radical (unpaired) electrons. The van der Waals surface area contributed by atoms with Crippen LogP contribution in [0.4, 0.5) is 0 Å². The van der Waals surface area contributed by atoms with Gasteiger partial charge in [0.25, 0.3) is 0 Å². The smallest absolute Gasteiger partial charge is 0.160 e. The lowest BCUT2D eigenvalue weighted by Crippen LogP contribution is -2.03. The predicted molar refractivity (Wildman–Crippen MR) is 146 cm³/mol. The Labute approximate surface area is 226 Å². The van der Waals surface area contributed by atoms with Crippen molar-refractivity contribution in [1.29, 1.82) is 0 Å². The van der Waals surface area contributed by atoms with Crippen molar-refractivity contribution in [2.75, 3.05) is 14.2 Å². The fraction of sp³-hybridized carbons (Fsp3) is 0.226. The average molecular weight is 533 g/mol. The molecule has 4 aromatic carbocycles. The number of phenols is 6. The van der Waals surface area contributed by atoms with Gasteiger partial charge < -0.3 is 40.1 Å². The number of aromatic hydroxyl groups is 6. The molecule has 0 saturated carbocycles. The molecule has 6 N–H and O–H groups in total. The third-order valence-corrected chi connectivity index (χ3v) is 6.81. The summed E-state index contributed by atoms with van der Waals surface area (Å²) >= 11 is 0. The van der Waals surface area contributed by atoms with Gasteiger partial charge in [0.2, 0.25) is 0 Å². The molecule has 0 unspecified atom stereocenters. The Kier molecular flexibility index (Phi) is 8.24. The minimum absolute atomic E-state index is 0.0398. The zero-order valence-corrected chi connectivity index (χ0v) is 21.8. The van der Waals surface area contributed by atoms with Crippen molar-refractivity contribution in [1.82, 2.24) is 0 Å². The van der Waals surface area contributed by atoms with Gasteiger partial charge in [0.15, 0.2) is 23.0 Å². The van der Waals surface area contributed by atoms with Crippen molar-refractivity contribution >= 4 is 0 Å². The summed E-state index contributed by atoms with van der Waals surface area (Å²) in [7, 11) is 2.95. The second kappa shape index (κ2) is 11.8. The number of methoxy groups -OCH3 is 2. The van der Waals surface area contributed by atoms with Crippen LogP contribution >= 0.6 is 0 Å². The molecule has 8 heteroatoms. The first-order valence-corrected chi connectivity index (χ1v) is 12.5. The molecule has 0 bridgehead atoms. The van der Waals surface area contributed by atoms with Crippen LogP contribution in [0.2, 0.25) is 0 Å².